The molecule has 0 saturated carbocycles. The highest BCUT2D eigenvalue weighted by Crippen LogP contribution is 2.30. The molecule has 2 heterocycles. The summed E-state index contributed by atoms with van der Waals surface area (Å²) in [7, 11) is 1.69. The van der Waals surface area contributed by atoms with Crippen LogP contribution in [0.4, 0.5) is 17.3 Å². The van der Waals surface area contributed by atoms with Gasteiger partial charge < -0.3 is 10.3 Å². The Morgan fingerprint density at radius 2 is 2.32 bits per heavy atom. The SMILES string of the molecule is CN(Cc1cscn1)c1ncnc(NN)c1[N+](=O)[O-]. The van der Waals surface area contributed by atoms with Crippen molar-refractivity contribution in [2.75, 3.05) is 17.4 Å². The van der Waals surface area contributed by atoms with Gasteiger partial charge >= 0.3 is 5.69 Å². The molecule has 0 fully saturated rings. The fourth-order valence-corrected chi connectivity index (χ4v) is 2.11. The fourth-order valence-electron chi connectivity index (χ4n) is 1.56. The van der Waals surface area contributed by atoms with Gasteiger partial charge in [-0.3, -0.25) is 10.1 Å². The zero-order valence-electron chi connectivity index (χ0n) is 9.98. The van der Waals surface area contributed by atoms with Crippen LogP contribution in [0.3, 0.4) is 0 Å². The van der Waals surface area contributed by atoms with Gasteiger partial charge in [0.1, 0.15) is 6.33 Å². The Morgan fingerprint density at radius 1 is 1.53 bits per heavy atom. The molecule has 3 N–H and O–H groups in total. The van der Waals surface area contributed by atoms with Crippen molar-refractivity contribution in [2.24, 2.45) is 5.84 Å². The molecule has 2 aromatic rings. The highest BCUT2D eigenvalue weighted by atomic mass is 32.1. The van der Waals surface area contributed by atoms with Gasteiger partial charge in [0, 0.05) is 12.4 Å². The number of nitrogens with one attached hydrogen (secondary N) is 1. The number of nitrogens with two attached hydrogens (primary N) is 1. The standard InChI is InChI=1S/C9H11N7O2S/c1-15(2-6-3-19-5-13-6)9-7(16(17)18)8(14-10)11-4-12-9/h3-5H,2,10H2,1H3,(H,11,12,14). The monoisotopic (exact) mass is 281 g/mol. The van der Waals surface area contributed by atoms with Crippen LogP contribution >= 0.6 is 11.3 Å². The lowest BCUT2D eigenvalue weighted by atomic mass is 10.3. The zero-order valence-corrected chi connectivity index (χ0v) is 10.8. The Bertz CT molecular complexity index is 574. The maximum Gasteiger partial charge on any atom is 0.354 e. The minimum Gasteiger partial charge on any atom is -0.348 e. The van der Waals surface area contributed by atoms with Gasteiger partial charge in [0.25, 0.3) is 0 Å². The number of nitro groups is 1. The van der Waals surface area contributed by atoms with E-state index >= 15 is 0 Å². The van der Waals surface area contributed by atoms with Gasteiger partial charge in [0.05, 0.1) is 22.7 Å². The number of hydrazine groups is 1. The van der Waals surface area contributed by atoms with E-state index in [0.717, 1.165) is 5.69 Å². The molecule has 0 bridgehead atoms. The average molecular weight is 281 g/mol. The summed E-state index contributed by atoms with van der Waals surface area (Å²) in [6.45, 7) is 0.408. The lowest BCUT2D eigenvalue weighted by molar-refractivity contribution is -0.383. The molecular formula is C9H11N7O2S. The highest BCUT2D eigenvalue weighted by Gasteiger charge is 2.25. The van der Waals surface area contributed by atoms with Crippen molar-refractivity contribution in [3.63, 3.8) is 0 Å². The van der Waals surface area contributed by atoms with Crippen molar-refractivity contribution in [3.8, 4) is 0 Å². The number of hydrogen-bond acceptors (Lipinski definition) is 9. The molecule has 0 radical (unpaired) electrons. The maximum absolute atomic E-state index is 11.1. The van der Waals surface area contributed by atoms with E-state index in [9.17, 15) is 10.1 Å². The first-order valence-corrected chi connectivity index (χ1v) is 6.12. The molecule has 10 heteroatoms. The first-order chi connectivity index (χ1) is 9.13. The molecule has 19 heavy (non-hydrogen) atoms. The number of anilines is 2. The van der Waals surface area contributed by atoms with Crippen LogP contribution in [0.1, 0.15) is 5.69 Å². The molecule has 2 aromatic heterocycles. The molecule has 9 nitrogen and oxygen atoms in total. The van der Waals surface area contributed by atoms with Crippen LogP contribution in [-0.4, -0.2) is 26.9 Å². The third-order valence-electron chi connectivity index (χ3n) is 2.37. The number of thiazole rings is 1. The van der Waals surface area contributed by atoms with Gasteiger partial charge in [-0.2, -0.15) is 0 Å². The molecule has 0 aliphatic heterocycles. The van der Waals surface area contributed by atoms with Gasteiger partial charge in [-0.15, -0.1) is 11.3 Å². The molecule has 0 saturated heterocycles. The van der Waals surface area contributed by atoms with E-state index < -0.39 is 4.92 Å². The van der Waals surface area contributed by atoms with E-state index in [1.54, 1.807) is 17.5 Å². The number of nitrogen functional groups attached to an aromatic ring is 1. The summed E-state index contributed by atoms with van der Waals surface area (Å²) in [5, 5.41) is 13.0. The van der Waals surface area contributed by atoms with Crippen LogP contribution in [0.25, 0.3) is 0 Å². The van der Waals surface area contributed by atoms with Crippen LogP contribution < -0.4 is 16.2 Å². The average Bonchev–Trinajstić information content (AvgIpc) is 2.90. The molecule has 2 rings (SSSR count). The van der Waals surface area contributed by atoms with Gasteiger partial charge in [0.2, 0.25) is 11.6 Å². The summed E-state index contributed by atoms with van der Waals surface area (Å²) < 4.78 is 0. The van der Waals surface area contributed by atoms with Crippen LogP contribution in [0.2, 0.25) is 0 Å². The molecule has 0 spiro atoms. The Kier molecular flexibility index (Phi) is 3.82. The van der Waals surface area contributed by atoms with Crippen molar-refractivity contribution in [2.45, 2.75) is 6.54 Å². The highest BCUT2D eigenvalue weighted by molar-refractivity contribution is 7.07. The predicted octanol–water partition coefficient (Wildman–Crippen LogP) is 0.763. The van der Waals surface area contributed by atoms with Crippen LogP contribution in [0, 0.1) is 10.1 Å². The lowest BCUT2D eigenvalue weighted by Crippen LogP contribution is -2.21. The largest absolute Gasteiger partial charge is 0.354 e. The second-order valence-corrected chi connectivity index (χ2v) is 4.35. The van der Waals surface area contributed by atoms with Gasteiger partial charge in [-0.1, -0.05) is 0 Å². The second-order valence-electron chi connectivity index (χ2n) is 3.63. The van der Waals surface area contributed by atoms with Crippen molar-refractivity contribution in [3.05, 3.63) is 33.0 Å². The minimum atomic E-state index is -0.567. The molecule has 0 aliphatic carbocycles. The first-order valence-electron chi connectivity index (χ1n) is 5.17. The third-order valence-corrected chi connectivity index (χ3v) is 3.00. The van der Waals surface area contributed by atoms with Crippen molar-refractivity contribution < 1.29 is 4.92 Å². The Balaban J connectivity index is 2.35. The number of rotatable bonds is 5. The second kappa shape index (κ2) is 5.54. The summed E-state index contributed by atoms with van der Waals surface area (Å²) in [4.78, 5) is 23.9. The minimum absolute atomic E-state index is 0.0277. The summed E-state index contributed by atoms with van der Waals surface area (Å²) >= 11 is 1.46. The normalized spacial score (nSPS) is 10.2. The number of nitrogens with zero attached hydrogens (tertiary/aromatic N) is 5. The molecule has 0 aromatic carbocycles. The number of hydrogen-bond donors (Lipinski definition) is 2. The summed E-state index contributed by atoms with van der Waals surface area (Å²) in [6.07, 6.45) is 1.22. The van der Waals surface area contributed by atoms with Crippen LogP contribution in [0.15, 0.2) is 17.2 Å². The molecule has 0 amide bonds. The fraction of sp³-hybridized carbons (Fsp3) is 0.222. The van der Waals surface area contributed by atoms with E-state index in [1.807, 2.05) is 5.38 Å². The summed E-state index contributed by atoms with van der Waals surface area (Å²) in [5.41, 5.74) is 4.44. The smallest absolute Gasteiger partial charge is 0.348 e. The summed E-state index contributed by atoms with van der Waals surface area (Å²) in [5.74, 6) is 5.37. The lowest BCUT2D eigenvalue weighted by Gasteiger charge is -2.17. The molecule has 0 unspecified atom stereocenters. The van der Waals surface area contributed by atoms with E-state index in [4.69, 9.17) is 5.84 Å². The molecule has 100 valence electrons. The van der Waals surface area contributed by atoms with Gasteiger partial charge in [-0.05, 0) is 0 Å². The first kappa shape index (κ1) is 13.1. The predicted molar refractivity (Wildman–Crippen MR) is 70.7 cm³/mol. The molecule has 0 atom stereocenters. The van der Waals surface area contributed by atoms with E-state index in [1.165, 1.54) is 17.7 Å². The zero-order chi connectivity index (χ0) is 13.8. The van der Waals surface area contributed by atoms with Gasteiger partial charge in [0.15, 0.2) is 0 Å². The topological polar surface area (TPSA) is 123 Å². The van der Waals surface area contributed by atoms with E-state index in [-0.39, 0.29) is 17.3 Å². The van der Waals surface area contributed by atoms with Crippen molar-refractivity contribution in [1.29, 1.82) is 0 Å². The molecule has 0 aliphatic rings. The summed E-state index contributed by atoms with van der Waals surface area (Å²) in [6, 6.07) is 0. The Hall–Kier alpha value is -2.33. The van der Waals surface area contributed by atoms with Gasteiger partial charge in [-0.25, -0.2) is 20.8 Å². The number of aromatic nitrogens is 3. The van der Waals surface area contributed by atoms with Crippen molar-refractivity contribution >= 4 is 28.7 Å². The van der Waals surface area contributed by atoms with Crippen LogP contribution in [-0.2, 0) is 6.54 Å². The maximum atomic E-state index is 11.1. The van der Waals surface area contributed by atoms with E-state index in [2.05, 4.69) is 20.4 Å². The van der Waals surface area contributed by atoms with E-state index in [0.29, 0.717) is 6.54 Å². The quantitative estimate of drug-likeness (QED) is 0.468. The van der Waals surface area contributed by atoms with Crippen molar-refractivity contribution in [1.82, 2.24) is 15.0 Å². The Labute approximate surface area is 112 Å². The third kappa shape index (κ3) is 2.74. The molecular weight excluding hydrogens is 270 g/mol. The Morgan fingerprint density at radius 3 is 2.89 bits per heavy atom. The van der Waals surface area contributed by atoms with Crippen LogP contribution in [0.5, 0.6) is 0 Å².